The largest absolute Gasteiger partial charge is 0.479 e. The van der Waals surface area contributed by atoms with Crippen LogP contribution in [0.25, 0.3) is 0 Å². The van der Waals surface area contributed by atoms with E-state index in [1.165, 1.54) is 0 Å². The minimum Gasteiger partial charge on any atom is -0.479 e. The van der Waals surface area contributed by atoms with Gasteiger partial charge in [0, 0.05) is 12.2 Å². The molecule has 1 atom stereocenters. The molecule has 1 aromatic carbocycles. The summed E-state index contributed by atoms with van der Waals surface area (Å²) in [6, 6.07) is 5.29. The van der Waals surface area contributed by atoms with E-state index >= 15 is 0 Å². The third-order valence-electron chi connectivity index (χ3n) is 3.20. The number of hydrogen-bond acceptors (Lipinski definition) is 4. The Kier molecular flexibility index (Phi) is 2.94. The second kappa shape index (κ2) is 4.17. The highest BCUT2D eigenvalue weighted by Gasteiger charge is 2.39. The number of nitrogens with zero attached hydrogens (tertiary/aromatic N) is 1. The number of benzene rings is 1. The van der Waals surface area contributed by atoms with Crippen LogP contribution in [-0.4, -0.2) is 24.1 Å². The first-order valence-electron chi connectivity index (χ1n) is 5.97. The molecule has 1 aliphatic heterocycles. The molecule has 18 heavy (non-hydrogen) atoms. The molecule has 1 amide bonds. The molecule has 0 spiro atoms. The first-order valence-corrected chi connectivity index (χ1v) is 5.97. The summed E-state index contributed by atoms with van der Waals surface area (Å²) in [5.74, 6) is 0.571. The molecule has 0 saturated heterocycles. The first kappa shape index (κ1) is 12.7. The predicted octanol–water partition coefficient (Wildman–Crippen LogP) is 1.12. The van der Waals surface area contributed by atoms with Crippen LogP contribution < -0.4 is 21.1 Å². The van der Waals surface area contributed by atoms with Gasteiger partial charge in [-0.25, -0.2) is 0 Å². The zero-order valence-electron chi connectivity index (χ0n) is 10.9. The van der Waals surface area contributed by atoms with Crippen LogP contribution in [-0.2, 0) is 4.79 Å². The maximum atomic E-state index is 12.3. The number of nitrogens with two attached hydrogens (primary N) is 2. The van der Waals surface area contributed by atoms with Gasteiger partial charge in [0.25, 0.3) is 5.91 Å². The lowest BCUT2D eigenvalue weighted by molar-refractivity contribution is -0.126. The van der Waals surface area contributed by atoms with Gasteiger partial charge in [-0.15, -0.1) is 0 Å². The molecule has 0 bridgehead atoms. The minimum atomic E-state index is -0.507. The average Bonchev–Trinajstić information content (AvgIpc) is 2.31. The second-order valence-electron chi connectivity index (χ2n) is 5.18. The fraction of sp³-hybridized carbons (Fsp3) is 0.462. The van der Waals surface area contributed by atoms with Crippen molar-refractivity contribution in [2.75, 3.05) is 17.2 Å². The Morgan fingerprint density at radius 2 is 2.11 bits per heavy atom. The standard InChI is InChI=1S/C13H19N3O2/c1-8-12(17)16(13(2,3)7-14)10-6-9(15)4-5-11(10)18-8/h4-6,8H,7,14-15H2,1-3H3. The van der Waals surface area contributed by atoms with Crippen LogP contribution in [0, 0.1) is 0 Å². The zero-order chi connectivity index (χ0) is 13.5. The molecule has 0 aromatic heterocycles. The number of carbonyl (C=O) groups is 1. The third-order valence-corrected chi connectivity index (χ3v) is 3.20. The van der Waals surface area contributed by atoms with Crippen molar-refractivity contribution in [2.24, 2.45) is 5.73 Å². The molecule has 0 fully saturated rings. The molecule has 1 aliphatic rings. The van der Waals surface area contributed by atoms with Crippen LogP contribution in [0.2, 0.25) is 0 Å². The summed E-state index contributed by atoms with van der Waals surface area (Å²) in [5.41, 5.74) is 12.4. The van der Waals surface area contributed by atoms with Crippen LogP contribution in [0.15, 0.2) is 18.2 Å². The van der Waals surface area contributed by atoms with Gasteiger partial charge in [0.15, 0.2) is 6.10 Å². The van der Waals surface area contributed by atoms with E-state index in [2.05, 4.69) is 0 Å². The molecular weight excluding hydrogens is 230 g/mol. The van der Waals surface area contributed by atoms with Crippen molar-refractivity contribution >= 4 is 17.3 Å². The third kappa shape index (κ3) is 1.90. The van der Waals surface area contributed by atoms with Gasteiger partial charge >= 0.3 is 0 Å². The summed E-state index contributed by atoms with van der Waals surface area (Å²) in [6.07, 6.45) is -0.507. The van der Waals surface area contributed by atoms with E-state index in [1.807, 2.05) is 13.8 Å². The van der Waals surface area contributed by atoms with Crippen LogP contribution in [0.4, 0.5) is 11.4 Å². The Labute approximate surface area is 107 Å². The quantitative estimate of drug-likeness (QED) is 0.769. The van der Waals surface area contributed by atoms with Gasteiger partial charge in [-0.3, -0.25) is 9.69 Å². The smallest absolute Gasteiger partial charge is 0.268 e. The van der Waals surface area contributed by atoms with Gasteiger partial charge in [0.2, 0.25) is 0 Å². The molecule has 98 valence electrons. The molecule has 1 aromatic rings. The fourth-order valence-electron chi connectivity index (χ4n) is 2.07. The lowest BCUT2D eigenvalue weighted by Crippen LogP contribution is -2.58. The van der Waals surface area contributed by atoms with E-state index in [-0.39, 0.29) is 5.91 Å². The molecule has 0 aliphatic carbocycles. The van der Waals surface area contributed by atoms with Crippen molar-refractivity contribution in [1.29, 1.82) is 0 Å². The average molecular weight is 249 g/mol. The van der Waals surface area contributed by atoms with Crippen LogP contribution in [0.3, 0.4) is 0 Å². The van der Waals surface area contributed by atoms with Crippen molar-refractivity contribution < 1.29 is 9.53 Å². The van der Waals surface area contributed by atoms with Crippen LogP contribution >= 0.6 is 0 Å². The number of nitrogen functional groups attached to an aromatic ring is 1. The van der Waals surface area contributed by atoms with Crippen molar-refractivity contribution in [3.05, 3.63) is 18.2 Å². The van der Waals surface area contributed by atoms with Gasteiger partial charge in [0.1, 0.15) is 5.75 Å². The first-order chi connectivity index (χ1) is 8.36. The number of rotatable bonds is 2. The number of fused-ring (bicyclic) bond motifs is 1. The second-order valence-corrected chi connectivity index (χ2v) is 5.18. The summed E-state index contributed by atoms with van der Waals surface area (Å²) < 4.78 is 5.58. The monoisotopic (exact) mass is 249 g/mol. The molecule has 1 heterocycles. The summed E-state index contributed by atoms with van der Waals surface area (Å²) in [4.78, 5) is 14.0. The summed E-state index contributed by atoms with van der Waals surface area (Å²) in [7, 11) is 0. The van der Waals surface area contributed by atoms with E-state index < -0.39 is 11.6 Å². The van der Waals surface area contributed by atoms with Crippen molar-refractivity contribution in [3.8, 4) is 5.75 Å². The Balaban J connectivity index is 2.58. The van der Waals surface area contributed by atoms with Gasteiger partial charge in [-0.2, -0.15) is 0 Å². The highest BCUT2D eigenvalue weighted by molar-refractivity contribution is 6.01. The van der Waals surface area contributed by atoms with Gasteiger partial charge in [-0.1, -0.05) is 0 Å². The molecule has 2 rings (SSSR count). The maximum Gasteiger partial charge on any atom is 0.268 e. The molecule has 0 saturated carbocycles. The molecule has 1 unspecified atom stereocenters. The summed E-state index contributed by atoms with van der Waals surface area (Å²) in [6.45, 7) is 5.95. The highest BCUT2D eigenvalue weighted by atomic mass is 16.5. The number of anilines is 2. The Hall–Kier alpha value is -1.75. The van der Waals surface area contributed by atoms with E-state index in [1.54, 1.807) is 30.0 Å². The fourth-order valence-corrected chi connectivity index (χ4v) is 2.07. The molecular formula is C13H19N3O2. The minimum absolute atomic E-state index is 0.0939. The topological polar surface area (TPSA) is 81.6 Å². The molecule has 4 N–H and O–H groups in total. The highest BCUT2D eigenvalue weighted by Crippen LogP contribution is 2.39. The van der Waals surface area contributed by atoms with Crippen molar-refractivity contribution in [1.82, 2.24) is 0 Å². The van der Waals surface area contributed by atoms with Crippen molar-refractivity contribution in [3.63, 3.8) is 0 Å². The zero-order valence-corrected chi connectivity index (χ0v) is 10.9. The molecule has 5 nitrogen and oxygen atoms in total. The van der Waals surface area contributed by atoms with E-state index in [0.717, 1.165) is 0 Å². The Morgan fingerprint density at radius 3 is 2.72 bits per heavy atom. The van der Waals surface area contributed by atoms with Gasteiger partial charge < -0.3 is 16.2 Å². The van der Waals surface area contributed by atoms with E-state index in [0.29, 0.717) is 23.7 Å². The number of carbonyl (C=O) groups excluding carboxylic acids is 1. The number of hydrogen-bond donors (Lipinski definition) is 2. The maximum absolute atomic E-state index is 12.3. The van der Waals surface area contributed by atoms with Gasteiger partial charge in [0.05, 0.1) is 11.2 Å². The van der Waals surface area contributed by atoms with Gasteiger partial charge in [-0.05, 0) is 39.0 Å². The Morgan fingerprint density at radius 1 is 1.44 bits per heavy atom. The molecule has 0 radical (unpaired) electrons. The number of ether oxygens (including phenoxy) is 1. The Bertz CT molecular complexity index is 485. The number of amides is 1. The summed E-state index contributed by atoms with van der Waals surface area (Å²) >= 11 is 0. The summed E-state index contributed by atoms with van der Waals surface area (Å²) in [5, 5.41) is 0. The van der Waals surface area contributed by atoms with Crippen LogP contribution in [0.1, 0.15) is 20.8 Å². The lowest BCUT2D eigenvalue weighted by Gasteiger charge is -2.42. The van der Waals surface area contributed by atoms with E-state index in [9.17, 15) is 4.79 Å². The normalized spacial score (nSPS) is 19.4. The van der Waals surface area contributed by atoms with Crippen molar-refractivity contribution in [2.45, 2.75) is 32.4 Å². The predicted molar refractivity (Wildman–Crippen MR) is 71.6 cm³/mol. The lowest BCUT2D eigenvalue weighted by atomic mass is 9.99. The van der Waals surface area contributed by atoms with Crippen LogP contribution in [0.5, 0.6) is 5.75 Å². The molecule has 5 heteroatoms. The van der Waals surface area contributed by atoms with E-state index in [4.69, 9.17) is 16.2 Å². The SMILES string of the molecule is CC1Oc2ccc(N)cc2N(C(C)(C)CN)C1=O.